The van der Waals surface area contributed by atoms with Crippen molar-refractivity contribution in [3.63, 3.8) is 0 Å². The van der Waals surface area contributed by atoms with Crippen LogP contribution in [0.4, 0.5) is 5.69 Å². The van der Waals surface area contributed by atoms with Gasteiger partial charge in [-0.15, -0.1) is 0 Å². The summed E-state index contributed by atoms with van der Waals surface area (Å²) in [5.41, 5.74) is 2.64. The van der Waals surface area contributed by atoms with E-state index in [-0.39, 0.29) is 6.08 Å². The standard InChI is InChI=1S/C18H25NO3/c1-4-6-7-14(5-2)12-21-18-19-16-9-8-13(3)10-15(16)17(11-20)22-18/h8-11,14,17H,4-7,12H2,1-3H3. The first-order valence-corrected chi connectivity index (χ1v) is 8.11. The SMILES string of the molecule is CCCCC(CC)COC1=Nc2ccc(C)cc2C(C=O)O1. The molecule has 0 amide bonds. The van der Waals surface area contributed by atoms with Crippen LogP contribution in [0.5, 0.6) is 0 Å². The van der Waals surface area contributed by atoms with Crippen LogP contribution >= 0.6 is 0 Å². The molecule has 1 aromatic rings. The molecule has 0 saturated carbocycles. The second kappa shape index (κ2) is 7.97. The molecule has 2 unspecified atom stereocenters. The van der Waals surface area contributed by atoms with Crippen molar-refractivity contribution in [2.75, 3.05) is 6.61 Å². The van der Waals surface area contributed by atoms with Crippen molar-refractivity contribution in [3.8, 4) is 0 Å². The van der Waals surface area contributed by atoms with E-state index in [1.807, 2.05) is 25.1 Å². The van der Waals surface area contributed by atoms with E-state index in [0.29, 0.717) is 12.5 Å². The van der Waals surface area contributed by atoms with Crippen LogP contribution in [0.25, 0.3) is 0 Å². The van der Waals surface area contributed by atoms with Crippen molar-refractivity contribution in [2.45, 2.75) is 52.6 Å². The molecular formula is C18H25NO3. The van der Waals surface area contributed by atoms with Gasteiger partial charge in [-0.3, -0.25) is 4.79 Å². The van der Waals surface area contributed by atoms with Crippen molar-refractivity contribution in [1.82, 2.24) is 0 Å². The largest absolute Gasteiger partial charge is 0.450 e. The summed E-state index contributed by atoms with van der Waals surface area (Å²) in [6.45, 7) is 6.93. The van der Waals surface area contributed by atoms with Gasteiger partial charge in [0.15, 0.2) is 12.4 Å². The summed E-state index contributed by atoms with van der Waals surface area (Å²) in [7, 11) is 0. The predicted molar refractivity (Wildman–Crippen MR) is 87.4 cm³/mol. The highest BCUT2D eigenvalue weighted by Crippen LogP contribution is 2.32. The average Bonchev–Trinajstić information content (AvgIpc) is 2.54. The second-order valence-electron chi connectivity index (χ2n) is 5.84. The maximum absolute atomic E-state index is 11.3. The molecule has 1 aliphatic heterocycles. The Labute approximate surface area is 132 Å². The maximum Gasteiger partial charge on any atom is 0.389 e. The van der Waals surface area contributed by atoms with Crippen molar-refractivity contribution in [2.24, 2.45) is 10.9 Å². The Hall–Kier alpha value is -1.84. The summed E-state index contributed by atoms with van der Waals surface area (Å²) in [6.07, 6.45) is 4.99. The molecular weight excluding hydrogens is 278 g/mol. The lowest BCUT2D eigenvalue weighted by molar-refractivity contribution is -0.115. The van der Waals surface area contributed by atoms with Gasteiger partial charge in [0.1, 0.15) is 0 Å². The number of hydrogen-bond donors (Lipinski definition) is 0. The van der Waals surface area contributed by atoms with Crippen LogP contribution in [0.2, 0.25) is 0 Å². The number of ether oxygens (including phenoxy) is 2. The van der Waals surface area contributed by atoms with Gasteiger partial charge in [-0.05, 0) is 31.4 Å². The Balaban J connectivity index is 2.06. The van der Waals surface area contributed by atoms with Gasteiger partial charge in [0, 0.05) is 5.56 Å². The predicted octanol–water partition coefficient (Wildman–Crippen LogP) is 4.49. The first-order chi connectivity index (χ1) is 10.7. The number of aliphatic imine (C=N–C) groups is 1. The van der Waals surface area contributed by atoms with Gasteiger partial charge in [0.2, 0.25) is 0 Å². The molecule has 0 saturated heterocycles. The van der Waals surface area contributed by atoms with E-state index in [9.17, 15) is 4.79 Å². The number of hydrogen-bond acceptors (Lipinski definition) is 4. The normalized spacial score (nSPS) is 18.0. The summed E-state index contributed by atoms with van der Waals surface area (Å²) in [5.74, 6) is 0.500. The van der Waals surface area contributed by atoms with E-state index >= 15 is 0 Å². The minimum Gasteiger partial charge on any atom is -0.450 e. The van der Waals surface area contributed by atoms with Crippen molar-refractivity contribution < 1.29 is 14.3 Å². The van der Waals surface area contributed by atoms with Gasteiger partial charge in [0.25, 0.3) is 0 Å². The average molecular weight is 303 g/mol. The lowest BCUT2D eigenvalue weighted by Crippen LogP contribution is -2.22. The first kappa shape index (κ1) is 16.5. The summed E-state index contributed by atoms with van der Waals surface area (Å²) < 4.78 is 11.3. The quantitative estimate of drug-likeness (QED) is 0.697. The smallest absolute Gasteiger partial charge is 0.389 e. The van der Waals surface area contributed by atoms with Gasteiger partial charge in [-0.2, -0.15) is 4.99 Å². The third kappa shape index (κ3) is 4.09. The zero-order valence-corrected chi connectivity index (χ0v) is 13.7. The zero-order valence-electron chi connectivity index (χ0n) is 13.7. The van der Waals surface area contributed by atoms with Crippen LogP contribution in [0, 0.1) is 12.8 Å². The lowest BCUT2D eigenvalue weighted by Gasteiger charge is -2.23. The van der Waals surface area contributed by atoms with Crippen molar-refractivity contribution in [3.05, 3.63) is 29.3 Å². The molecule has 0 aromatic heterocycles. The number of aldehydes is 1. The number of fused-ring (bicyclic) bond motifs is 1. The number of unbranched alkanes of at least 4 members (excludes halogenated alkanes) is 1. The fourth-order valence-corrected chi connectivity index (χ4v) is 2.56. The number of rotatable bonds is 7. The summed E-state index contributed by atoms with van der Waals surface area (Å²) in [5, 5.41) is 0. The van der Waals surface area contributed by atoms with Crippen LogP contribution < -0.4 is 0 Å². The second-order valence-corrected chi connectivity index (χ2v) is 5.84. The van der Waals surface area contributed by atoms with Crippen molar-refractivity contribution >= 4 is 18.1 Å². The third-order valence-electron chi connectivity index (χ3n) is 4.04. The molecule has 0 aliphatic carbocycles. The first-order valence-electron chi connectivity index (χ1n) is 8.11. The number of carbonyl (C=O) groups is 1. The Morgan fingerprint density at radius 1 is 1.41 bits per heavy atom. The third-order valence-corrected chi connectivity index (χ3v) is 4.04. The summed E-state index contributed by atoms with van der Waals surface area (Å²) in [4.78, 5) is 15.7. The monoisotopic (exact) mass is 303 g/mol. The number of benzene rings is 1. The maximum atomic E-state index is 11.3. The molecule has 0 bridgehead atoms. The van der Waals surface area contributed by atoms with E-state index in [4.69, 9.17) is 9.47 Å². The molecule has 4 heteroatoms. The van der Waals surface area contributed by atoms with Crippen LogP contribution in [0.1, 0.15) is 56.8 Å². The molecule has 0 spiro atoms. The van der Waals surface area contributed by atoms with E-state index in [1.54, 1.807) is 0 Å². The van der Waals surface area contributed by atoms with Gasteiger partial charge < -0.3 is 9.47 Å². The van der Waals surface area contributed by atoms with E-state index in [1.165, 1.54) is 12.8 Å². The van der Waals surface area contributed by atoms with Gasteiger partial charge in [-0.25, -0.2) is 0 Å². The topological polar surface area (TPSA) is 47.9 Å². The van der Waals surface area contributed by atoms with Crippen LogP contribution in [-0.2, 0) is 14.3 Å². The van der Waals surface area contributed by atoms with E-state index < -0.39 is 6.10 Å². The Morgan fingerprint density at radius 2 is 2.23 bits per heavy atom. The molecule has 1 aliphatic rings. The Kier molecular flexibility index (Phi) is 5.99. The van der Waals surface area contributed by atoms with Crippen LogP contribution in [0.3, 0.4) is 0 Å². The van der Waals surface area contributed by atoms with Gasteiger partial charge in [-0.1, -0.05) is 44.7 Å². The molecule has 0 N–H and O–H groups in total. The highest BCUT2D eigenvalue weighted by Gasteiger charge is 2.25. The molecule has 120 valence electrons. The fraction of sp³-hybridized carbons (Fsp3) is 0.556. The molecule has 4 nitrogen and oxygen atoms in total. The van der Waals surface area contributed by atoms with Gasteiger partial charge in [0.05, 0.1) is 12.3 Å². The zero-order chi connectivity index (χ0) is 15.9. The van der Waals surface area contributed by atoms with E-state index in [2.05, 4.69) is 18.8 Å². The Bertz CT molecular complexity index is 539. The van der Waals surface area contributed by atoms with Crippen molar-refractivity contribution in [1.29, 1.82) is 0 Å². The fourth-order valence-electron chi connectivity index (χ4n) is 2.56. The summed E-state index contributed by atoms with van der Waals surface area (Å²) in [6, 6.07) is 5.81. The molecule has 2 atom stereocenters. The minimum atomic E-state index is -0.627. The Morgan fingerprint density at radius 3 is 2.91 bits per heavy atom. The van der Waals surface area contributed by atoms with Crippen LogP contribution in [-0.4, -0.2) is 19.0 Å². The lowest BCUT2D eigenvalue weighted by atomic mass is 10.0. The molecule has 1 aromatic carbocycles. The van der Waals surface area contributed by atoms with Crippen LogP contribution in [0.15, 0.2) is 23.2 Å². The summed E-state index contributed by atoms with van der Waals surface area (Å²) >= 11 is 0. The molecule has 0 fully saturated rings. The minimum absolute atomic E-state index is 0.211. The number of nitrogens with zero attached hydrogens (tertiary/aromatic N) is 1. The highest BCUT2D eigenvalue weighted by molar-refractivity contribution is 5.80. The van der Waals surface area contributed by atoms with Gasteiger partial charge >= 0.3 is 6.08 Å². The molecule has 0 radical (unpaired) electrons. The molecule has 22 heavy (non-hydrogen) atoms. The molecule has 2 rings (SSSR count). The molecule has 1 heterocycles. The highest BCUT2D eigenvalue weighted by atomic mass is 16.7. The van der Waals surface area contributed by atoms with E-state index in [0.717, 1.165) is 35.9 Å². The number of carbonyl (C=O) groups excluding carboxylic acids is 1. The number of aryl methyl sites for hydroxylation is 1.